The van der Waals surface area contributed by atoms with E-state index in [4.69, 9.17) is 4.74 Å². The lowest BCUT2D eigenvalue weighted by atomic mass is 9.86. The molecule has 0 aliphatic heterocycles. The Morgan fingerprint density at radius 2 is 2.04 bits per heavy atom. The fourth-order valence-electron chi connectivity index (χ4n) is 3.58. The van der Waals surface area contributed by atoms with E-state index in [0.717, 1.165) is 40.7 Å². The van der Waals surface area contributed by atoms with Gasteiger partial charge in [0.25, 0.3) is 5.91 Å². The van der Waals surface area contributed by atoms with E-state index in [1.54, 1.807) is 11.3 Å². The number of para-hydroxylation sites is 1. The van der Waals surface area contributed by atoms with Crippen molar-refractivity contribution in [2.24, 2.45) is 0 Å². The third kappa shape index (κ3) is 3.54. The van der Waals surface area contributed by atoms with Crippen LogP contribution in [-0.2, 0) is 23.1 Å². The van der Waals surface area contributed by atoms with Crippen LogP contribution in [0.2, 0.25) is 0 Å². The van der Waals surface area contributed by atoms with E-state index in [-0.39, 0.29) is 17.9 Å². The summed E-state index contributed by atoms with van der Waals surface area (Å²) in [4.78, 5) is 23.5. The molecule has 1 aliphatic rings. The molecule has 140 valence electrons. The van der Waals surface area contributed by atoms with Gasteiger partial charge in [0.05, 0.1) is 5.39 Å². The molecule has 6 heteroatoms. The normalized spacial score (nSPS) is 13.6. The molecule has 0 saturated carbocycles. The number of aryl methyl sites for hydroxylation is 2. The molecule has 0 bridgehead atoms. The van der Waals surface area contributed by atoms with E-state index in [1.165, 1.54) is 16.8 Å². The molecule has 0 atom stereocenters. The van der Waals surface area contributed by atoms with Crippen LogP contribution in [0.25, 0.3) is 10.2 Å². The minimum atomic E-state index is -0.190. The number of carbonyl (C=O) groups is 1. The Kier molecular flexibility index (Phi) is 4.60. The SMILES string of the molecule is CC(C)(C)c1ccccc1NC(=O)COc1ncnc2sc3c(c12)CCC3. The van der Waals surface area contributed by atoms with Crippen molar-refractivity contribution in [1.29, 1.82) is 0 Å². The summed E-state index contributed by atoms with van der Waals surface area (Å²) in [6.45, 7) is 6.31. The van der Waals surface area contributed by atoms with Gasteiger partial charge >= 0.3 is 0 Å². The summed E-state index contributed by atoms with van der Waals surface area (Å²) < 4.78 is 5.81. The summed E-state index contributed by atoms with van der Waals surface area (Å²) in [6.07, 6.45) is 4.80. The Morgan fingerprint density at radius 1 is 1.22 bits per heavy atom. The predicted octanol–water partition coefficient (Wildman–Crippen LogP) is 4.50. The quantitative estimate of drug-likeness (QED) is 0.723. The zero-order valence-electron chi connectivity index (χ0n) is 15.8. The number of thiophene rings is 1. The maximum Gasteiger partial charge on any atom is 0.262 e. The van der Waals surface area contributed by atoms with Gasteiger partial charge in [-0.3, -0.25) is 4.79 Å². The van der Waals surface area contributed by atoms with Crippen LogP contribution in [0, 0.1) is 0 Å². The topological polar surface area (TPSA) is 64.1 Å². The number of aromatic nitrogens is 2. The van der Waals surface area contributed by atoms with E-state index >= 15 is 0 Å². The highest BCUT2D eigenvalue weighted by Gasteiger charge is 2.23. The van der Waals surface area contributed by atoms with Crippen LogP contribution in [0.1, 0.15) is 43.2 Å². The first-order valence-electron chi connectivity index (χ1n) is 9.21. The van der Waals surface area contributed by atoms with Crippen LogP contribution in [0.3, 0.4) is 0 Å². The number of carbonyl (C=O) groups excluding carboxylic acids is 1. The summed E-state index contributed by atoms with van der Waals surface area (Å²) >= 11 is 1.71. The summed E-state index contributed by atoms with van der Waals surface area (Å²) in [5.41, 5.74) is 3.16. The standard InChI is InChI=1S/C21H23N3O2S/c1-21(2,3)14-8-4-5-9-15(14)24-17(25)11-26-19-18-13-7-6-10-16(13)27-20(18)23-12-22-19/h4-5,8-9,12H,6-7,10-11H2,1-3H3,(H,24,25). The number of nitrogens with zero attached hydrogens (tertiary/aromatic N) is 2. The Hall–Kier alpha value is -2.47. The molecule has 3 aromatic rings. The maximum absolute atomic E-state index is 12.5. The lowest BCUT2D eigenvalue weighted by Crippen LogP contribution is -2.23. The van der Waals surface area contributed by atoms with Crippen molar-refractivity contribution in [2.75, 3.05) is 11.9 Å². The summed E-state index contributed by atoms with van der Waals surface area (Å²) in [5.74, 6) is 0.323. The van der Waals surface area contributed by atoms with E-state index < -0.39 is 0 Å². The highest BCUT2D eigenvalue weighted by atomic mass is 32.1. The van der Waals surface area contributed by atoms with Gasteiger partial charge in [0.15, 0.2) is 6.61 Å². The molecule has 27 heavy (non-hydrogen) atoms. The molecule has 0 spiro atoms. The molecule has 1 aliphatic carbocycles. The molecular weight excluding hydrogens is 358 g/mol. The van der Waals surface area contributed by atoms with Gasteiger partial charge in [-0.1, -0.05) is 39.0 Å². The van der Waals surface area contributed by atoms with Crippen molar-refractivity contribution in [3.8, 4) is 5.88 Å². The van der Waals surface area contributed by atoms with Gasteiger partial charge in [0.2, 0.25) is 5.88 Å². The summed E-state index contributed by atoms with van der Waals surface area (Å²) in [7, 11) is 0. The minimum Gasteiger partial charge on any atom is -0.467 e. The molecule has 2 aromatic heterocycles. The van der Waals surface area contributed by atoms with Gasteiger partial charge in [-0.15, -0.1) is 11.3 Å². The van der Waals surface area contributed by atoms with Crippen molar-refractivity contribution < 1.29 is 9.53 Å². The average Bonchev–Trinajstić information content (AvgIpc) is 3.20. The number of fused-ring (bicyclic) bond motifs is 3. The van der Waals surface area contributed by atoms with E-state index in [9.17, 15) is 4.79 Å². The molecule has 0 saturated heterocycles. The molecule has 1 amide bonds. The fourth-order valence-corrected chi connectivity index (χ4v) is 4.79. The van der Waals surface area contributed by atoms with Crippen LogP contribution >= 0.6 is 11.3 Å². The second kappa shape index (κ2) is 6.93. The summed E-state index contributed by atoms with van der Waals surface area (Å²) in [5, 5.41) is 3.96. The van der Waals surface area contributed by atoms with Crippen molar-refractivity contribution >= 4 is 33.1 Å². The molecule has 2 heterocycles. The van der Waals surface area contributed by atoms with Crippen molar-refractivity contribution in [2.45, 2.75) is 45.4 Å². The van der Waals surface area contributed by atoms with E-state index in [0.29, 0.717) is 5.88 Å². The van der Waals surface area contributed by atoms with Gasteiger partial charge in [-0.25, -0.2) is 9.97 Å². The number of anilines is 1. The van der Waals surface area contributed by atoms with Crippen molar-refractivity contribution in [1.82, 2.24) is 9.97 Å². The predicted molar refractivity (Wildman–Crippen MR) is 109 cm³/mol. The van der Waals surface area contributed by atoms with Gasteiger partial charge in [-0.05, 0) is 41.9 Å². The maximum atomic E-state index is 12.5. The van der Waals surface area contributed by atoms with Gasteiger partial charge in [0.1, 0.15) is 11.2 Å². The Labute approximate surface area is 162 Å². The first kappa shape index (κ1) is 17.9. The van der Waals surface area contributed by atoms with Gasteiger partial charge in [0, 0.05) is 10.6 Å². The smallest absolute Gasteiger partial charge is 0.262 e. The van der Waals surface area contributed by atoms with Crippen LogP contribution in [0.5, 0.6) is 5.88 Å². The third-order valence-corrected chi connectivity index (χ3v) is 6.02. The summed E-state index contributed by atoms with van der Waals surface area (Å²) in [6, 6.07) is 7.88. The zero-order chi connectivity index (χ0) is 19.0. The molecular formula is C21H23N3O2S. The highest BCUT2D eigenvalue weighted by molar-refractivity contribution is 7.18. The zero-order valence-corrected chi connectivity index (χ0v) is 16.7. The number of benzene rings is 1. The highest BCUT2D eigenvalue weighted by Crippen LogP contribution is 2.39. The Balaban J connectivity index is 1.51. The van der Waals surface area contributed by atoms with Crippen LogP contribution in [0.15, 0.2) is 30.6 Å². The molecule has 5 nitrogen and oxygen atoms in total. The first-order valence-corrected chi connectivity index (χ1v) is 10.0. The largest absolute Gasteiger partial charge is 0.467 e. The molecule has 0 unspecified atom stereocenters. The van der Waals surface area contributed by atoms with Crippen molar-refractivity contribution in [3.63, 3.8) is 0 Å². The Bertz CT molecular complexity index is 1000. The molecule has 1 N–H and O–H groups in total. The molecule has 4 rings (SSSR count). The third-order valence-electron chi connectivity index (χ3n) is 4.82. The number of ether oxygens (including phenoxy) is 1. The number of amides is 1. The molecule has 0 fully saturated rings. The lowest BCUT2D eigenvalue weighted by molar-refractivity contribution is -0.118. The van der Waals surface area contributed by atoms with E-state index in [1.807, 2.05) is 24.3 Å². The number of nitrogens with one attached hydrogen (secondary N) is 1. The minimum absolute atomic E-state index is 0.0548. The second-order valence-corrected chi connectivity index (χ2v) is 8.93. The van der Waals surface area contributed by atoms with E-state index in [2.05, 4.69) is 36.1 Å². The average molecular weight is 382 g/mol. The number of rotatable bonds is 4. The Morgan fingerprint density at radius 3 is 2.85 bits per heavy atom. The van der Waals surface area contributed by atoms with Gasteiger partial charge < -0.3 is 10.1 Å². The van der Waals surface area contributed by atoms with Crippen molar-refractivity contribution in [3.05, 3.63) is 46.6 Å². The monoisotopic (exact) mass is 381 g/mol. The first-order chi connectivity index (χ1) is 12.9. The number of hydrogen-bond donors (Lipinski definition) is 1. The van der Waals surface area contributed by atoms with Crippen LogP contribution in [0.4, 0.5) is 5.69 Å². The second-order valence-electron chi connectivity index (χ2n) is 7.85. The molecule has 0 radical (unpaired) electrons. The molecule has 1 aromatic carbocycles. The lowest BCUT2D eigenvalue weighted by Gasteiger charge is -2.23. The van der Waals surface area contributed by atoms with Crippen LogP contribution < -0.4 is 10.1 Å². The van der Waals surface area contributed by atoms with Crippen LogP contribution in [-0.4, -0.2) is 22.5 Å². The van der Waals surface area contributed by atoms with Gasteiger partial charge in [-0.2, -0.15) is 0 Å². The number of hydrogen-bond acceptors (Lipinski definition) is 5. The fraction of sp³-hybridized carbons (Fsp3) is 0.381.